The van der Waals surface area contributed by atoms with Gasteiger partial charge in [0.2, 0.25) is 0 Å². The summed E-state index contributed by atoms with van der Waals surface area (Å²) in [4.78, 5) is 8.99. The molecule has 0 aliphatic heterocycles. The van der Waals surface area contributed by atoms with Gasteiger partial charge in [0.25, 0.3) is 0 Å². The summed E-state index contributed by atoms with van der Waals surface area (Å²) >= 11 is 6.26. The van der Waals surface area contributed by atoms with Crippen molar-refractivity contribution in [1.29, 1.82) is 0 Å². The van der Waals surface area contributed by atoms with E-state index in [9.17, 15) is 0 Å². The second kappa shape index (κ2) is 8.73. The third-order valence-electron chi connectivity index (χ3n) is 4.00. The minimum Gasteiger partial charge on any atom is -0.456 e. The standard InChI is InChI=1S/C23H29ClN2O/c1-15(2)18-12-17(27-21-11-9-8-10-20(21)24)13-19(16(3)4)22(18)25-14-26-23(5,6)7/h8-13,15-16H,1-7H3. The molecule has 0 bridgehead atoms. The zero-order chi connectivity index (χ0) is 20.2. The smallest absolute Gasteiger partial charge is 0.146 e. The van der Waals surface area contributed by atoms with Crippen LogP contribution in [0.4, 0.5) is 5.69 Å². The van der Waals surface area contributed by atoms with Gasteiger partial charge in [-0.25, -0.2) is 4.99 Å². The SMILES string of the molecule is CC(C)c1cc(Oc2ccccc2Cl)cc(C(C)C)c1N=C=NC(C)(C)C. The van der Waals surface area contributed by atoms with Crippen molar-refractivity contribution in [3.05, 3.63) is 52.5 Å². The van der Waals surface area contributed by atoms with Crippen molar-refractivity contribution in [2.24, 2.45) is 9.98 Å². The molecule has 0 N–H and O–H groups in total. The molecule has 0 aliphatic rings. The summed E-state index contributed by atoms with van der Waals surface area (Å²) < 4.78 is 6.09. The van der Waals surface area contributed by atoms with Crippen molar-refractivity contribution >= 4 is 23.3 Å². The monoisotopic (exact) mass is 384 g/mol. The van der Waals surface area contributed by atoms with Crippen molar-refractivity contribution in [2.75, 3.05) is 0 Å². The van der Waals surface area contributed by atoms with Gasteiger partial charge in [-0.15, -0.1) is 0 Å². The van der Waals surface area contributed by atoms with Crippen LogP contribution in [0, 0.1) is 0 Å². The molecular formula is C23H29ClN2O. The van der Waals surface area contributed by atoms with Gasteiger partial charge >= 0.3 is 0 Å². The Labute approximate surface area is 168 Å². The van der Waals surface area contributed by atoms with Gasteiger partial charge in [-0.2, -0.15) is 4.99 Å². The quantitative estimate of drug-likeness (QED) is 0.481. The third kappa shape index (κ3) is 5.95. The molecule has 0 radical (unpaired) electrons. The molecule has 3 nitrogen and oxygen atoms in total. The first kappa shape index (κ1) is 21.2. The lowest BCUT2D eigenvalue weighted by molar-refractivity contribution is 0.480. The zero-order valence-electron chi connectivity index (χ0n) is 17.3. The maximum Gasteiger partial charge on any atom is 0.146 e. The van der Waals surface area contributed by atoms with Crippen LogP contribution in [0.5, 0.6) is 11.5 Å². The van der Waals surface area contributed by atoms with Gasteiger partial charge in [-0.05, 0) is 68.0 Å². The molecule has 0 fully saturated rings. The van der Waals surface area contributed by atoms with E-state index in [-0.39, 0.29) is 17.4 Å². The van der Waals surface area contributed by atoms with E-state index in [0.29, 0.717) is 10.8 Å². The van der Waals surface area contributed by atoms with Crippen LogP contribution in [0.15, 0.2) is 46.4 Å². The number of aliphatic imine (C=N–C) groups is 2. The highest BCUT2D eigenvalue weighted by Crippen LogP contribution is 2.40. The molecule has 0 atom stereocenters. The Balaban J connectivity index is 2.57. The van der Waals surface area contributed by atoms with Gasteiger partial charge < -0.3 is 4.74 Å². The number of benzene rings is 2. The van der Waals surface area contributed by atoms with E-state index in [1.165, 1.54) is 0 Å². The number of para-hydroxylation sites is 1. The van der Waals surface area contributed by atoms with E-state index in [4.69, 9.17) is 16.3 Å². The number of hydrogen-bond acceptors (Lipinski definition) is 3. The highest BCUT2D eigenvalue weighted by molar-refractivity contribution is 6.32. The normalized spacial score (nSPS) is 11.5. The molecule has 144 valence electrons. The summed E-state index contributed by atoms with van der Waals surface area (Å²) in [6, 6.07) is 14.5. The Hall–Kier alpha value is -2.09. The lowest BCUT2D eigenvalue weighted by atomic mass is 9.92. The van der Waals surface area contributed by atoms with Crippen LogP contribution in [-0.2, 0) is 0 Å². The summed E-state index contributed by atoms with van der Waals surface area (Å²) in [6.07, 6.45) is 0. The molecule has 0 aromatic heterocycles. The zero-order valence-corrected chi connectivity index (χ0v) is 18.1. The maximum atomic E-state index is 6.26. The van der Waals surface area contributed by atoms with Gasteiger partial charge in [0.05, 0.1) is 22.3 Å². The average Bonchev–Trinajstić information content (AvgIpc) is 2.56. The number of ether oxygens (including phenoxy) is 1. The van der Waals surface area contributed by atoms with E-state index in [1.807, 2.05) is 57.2 Å². The molecule has 0 saturated heterocycles. The van der Waals surface area contributed by atoms with Crippen molar-refractivity contribution in [2.45, 2.75) is 65.8 Å². The van der Waals surface area contributed by atoms with Crippen LogP contribution >= 0.6 is 11.6 Å². The van der Waals surface area contributed by atoms with Gasteiger partial charge in [0.15, 0.2) is 0 Å². The predicted molar refractivity (Wildman–Crippen MR) is 115 cm³/mol. The van der Waals surface area contributed by atoms with Crippen LogP contribution in [0.1, 0.15) is 71.4 Å². The number of rotatable bonds is 5. The predicted octanol–water partition coefficient (Wildman–Crippen LogP) is 7.98. The first-order valence-corrected chi connectivity index (χ1v) is 9.74. The Morgan fingerprint density at radius 3 is 2.00 bits per heavy atom. The minimum absolute atomic E-state index is 0.202. The summed E-state index contributed by atoms with van der Waals surface area (Å²) in [7, 11) is 0. The lowest BCUT2D eigenvalue weighted by Crippen LogP contribution is -2.08. The molecular weight excluding hydrogens is 356 g/mol. The molecule has 2 rings (SSSR count). The molecule has 4 heteroatoms. The van der Waals surface area contributed by atoms with Gasteiger partial charge in [0.1, 0.15) is 11.5 Å². The molecule has 0 spiro atoms. The lowest BCUT2D eigenvalue weighted by Gasteiger charge is -2.18. The van der Waals surface area contributed by atoms with Crippen LogP contribution in [0.3, 0.4) is 0 Å². The summed E-state index contributed by atoms with van der Waals surface area (Å²) in [5.74, 6) is 1.98. The van der Waals surface area contributed by atoms with Crippen LogP contribution in [0.25, 0.3) is 0 Å². The molecule has 0 heterocycles. The van der Waals surface area contributed by atoms with Gasteiger partial charge in [-0.1, -0.05) is 51.4 Å². The first-order chi connectivity index (χ1) is 12.6. The minimum atomic E-state index is -0.202. The van der Waals surface area contributed by atoms with Crippen LogP contribution in [-0.4, -0.2) is 11.5 Å². The summed E-state index contributed by atoms with van der Waals surface area (Å²) in [5.41, 5.74) is 2.95. The van der Waals surface area contributed by atoms with Crippen LogP contribution < -0.4 is 4.74 Å². The van der Waals surface area contributed by atoms with Crippen LogP contribution in [0.2, 0.25) is 5.02 Å². The Kier molecular flexibility index (Phi) is 6.86. The van der Waals surface area contributed by atoms with Crippen molar-refractivity contribution in [3.8, 4) is 11.5 Å². The van der Waals surface area contributed by atoms with E-state index in [2.05, 4.69) is 43.7 Å². The average molecular weight is 385 g/mol. The molecule has 0 aliphatic carbocycles. The number of nitrogens with zero attached hydrogens (tertiary/aromatic N) is 2. The molecule has 27 heavy (non-hydrogen) atoms. The number of halogens is 1. The number of hydrogen-bond donors (Lipinski definition) is 0. The highest BCUT2D eigenvalue weighted by atomic mass is 35.5. The van der Waals surface area contributed by atoms with E-state index >= 15 is 0 Å². The molecule has 0 saturated carbocycles. The van der Waals surface area contributed by atoms with Gasteiger partial charge in [-0.3, -0.25) is 0 Å². The van der Waals surface area contributed by atoms with Gasteiger partial charge in [0, 0.05) is 0 Å². The topological polar surface area (TPSA) is 34.0 Å². The molecule has 2 aromatic carbocycles. The Morgan fingerprint density at radius 2 is 1.52 bits per heavy atom. The van der Waals surface area contributed by atoms with Crippen molar-refractivity contribution < 1.29 is 4.74 Å². The fourth-order valence-electron chi connectivity index (χ4n) is 2.60. The summed E-state index contributed by atoms with van der Waals surface area (Å²) in [5, 5.41) is 0.592. The third-order valence-corrected chi connectivity index (χ3v) is 4.31. The Morgan fingerprint density at radius 1 is 0.963 bits per heavy atom. The highest BCUT2D eigenvalue weighted by Gasteiger charge is 2.17. The molecule has 0 unspecified atom stereocenters. The second-order valence-electron chi connectivity index (χ2n) is 8.29. The van der Waals surface area contributed by atoms with E-state index in [1.54, 1.807) is 0 Å². The van der Waals surface area contributed by atoms with E-state index in [0.717, 1.165) is 22.6 Å². The molecule has 0 amide bonds. The second-order valence-corrected chi connectivity index (χ2v) is 8.69. The molecule has 2 aromatic rings. The maximum absolute atomic E-state index is 6.26. The first-order valence-electron chi connectivity index (χ1n) is 9.36. The van der Waals surface area contributed by atoms with Crippen molar-refractivity contribution in [3.63, 3.8) is 0 Å². The fourth-order valence-corrected chi connectivity index (χ4v) is 2.77. The fraction of sp³-hybridized carbons (Fsp3) is 0.435. The van der Waals surface area contributed by atoms with Crippen molar-refractivity contribution in [1.82, 2.24) is 0 Å². The Bertz CT molecular complexity index is 828. The summed E-state index contributed by atoms with van der Waals surface area (Å²) in [6.45, 7) is 14.7. The largest absolute Gasteiger partial charge is 0.456 e. The van der Waals surface area contributed by atoms with E-state index < -0.39 is 0 Å².